The van der Waals surface area contributed by atoms with E-state index in [1.165, 1.54) is 24.8 Å². The molecule has 4 nitrogen and oxygen atoms in total. The molecule has 1 aromatic heterocycles. The minimum Gasteiger partial charge on any atom is -0.334 e. The largest absolute Gasteiger partial charge is 0.334 e. The third kappa shape index (κ3) is 2.92. The summed E-state index contributed by atoms with van der Waals surface area (Å²) in [5, 5.41) is 11.0. The summed E-state index contributed by atoms with van der Waals surface area (Å²) in [6.07, 6.45) is 3.67. The monoisotopic (exact) mass is 341 g/mol. The minimum absolute atomic E-state index is 0. The van der Waals surface area contributed by atoms with E-state index in [9.17, 15) is 4.79 Å². The lowest BCUT2D eigenvalue weighted by Crippen LogP contribution is -2.53. The smallest absolute Gasteiger partial charge is 0.228 e. The van der Waals surface area contributed by atoms with E-state index in [0.29, 0.717) is 17.4 Å². The first-order chi connectivity index (χ1) is 10.3. The Morgan fingerprint density at radius 2 is 2.09 bits per heavy atom. The molecule has 1 aliphatic carbocycles. The number of thiophene rings is 1. The first-order valence-corrected chi connectivity index (χ1v) is 8.96. The summed E-state index contributed by atoms with van der Waals surface area (Å²) in [5.74, 6) is 0.586. The number of hydrogen-bond donors (Lipinski definition) is 2. The third-order valence-corrected chi connectivity index (χ3v) is 6.20. The molecule has 22 heavy (non-hydrogen) atoms. The lowest BCUT2D eigenvalue weighted by atomic mass is 9.93. The predicted octanol–water partition coefficient (Wildman–Crippen LogP) is 1.86. The number of hydrogen-bond acceptors (Lipinski definition) is 4. The first-order valence-electron chi connectivity index (χ1n) is 8.01. The number of piperidine rings is 1. The van der Waals surface area contributed by atoms with Gasteiger partial charge in [-0.25, -0.2) is 0 Å². The molecular weight excluding hydrogens is 318 g/mol. The van der Waals surface area contributed by atoms with Crippen LogP contribution in [-0.2, 0) is 11.3 Å². The number of halogens is 1. The summed E-state index contributed by atoms with van der Waals surface area (Å²) in [5.41, 5.74) is 1.71. The van der Waals surface area contributed by atoms with Gasteiger partial charge in [0, 0.05) is 25.7 Å². The summed E-state index contributed by atoms with van der Waals surface area (Å²) in [4.78, 5) is 15.0. The fraction of sp³-hybridized carbons (Fsp3) is 0.688. The van der Waals surface area contributed by atoms with Crippen LogP contribution in [0.25, 0.3) is 0 Å². The quantitative estimate of drug-likeness (QED) is 0.878. The number of carbonyl (C=O) groups is 1. The van der Waals surface area contributed by atoms with Crippen LogP contribution in [0.5, 0.6) is 0 Å². The van der Waals surface area contributed by atoms with Crippen molar-refractivity contribution in [3.63, 3.8) is 0 Å². The van der Waals surface area contributed by atoms with Crippen molar-refractivity contribution in [2.45, 2.75) is 31.8 Å². The second-order valence-electron chi connectivity index (χ2n) is 6.79. The number of nitrogens with zero attached hydrogens (tertiary/aromatic N) is 1. The van der Waals surface area contributed by atoms with Crippen LogP contribution >= 0.6 is 23.7 Å². The van der Waals surface area contributed by atoms with Gasteiger partial charge in [0.15, 0.2) is 0 Å². The SMILES string of the molecule is Cl.O=C(C1CNC1)N(Cc1ccsc1)C1CC12CCNCC2. The molecule has 3 aliphatic rings. The Balaban J connectivity index is 0.00000144. The van der Waals surface area contributed by atoms with Gasteiger partial charge in [-0.05, 0) is 60.2 Å². The van der Waals surface area contributed by atoms with Gasteiger partial charge in [0.05, 0.1) is 5.92 Å². The third-order valence-electron chi connectivity index (χ3n) is 5.47. The molecule has 1 amide bonds. The van der Waals surface area contributed by atoms with Gasteiger partial charge < -0.3 is 15.5 Å². The van der Waals surface area contributed by atoms with Gasteiger partial charge in [-0.3, -0.25) is 4.79 Å². The maximum absolute atomic E-state index is 12.8. The molecule has 2 saturated heterocycles. The van der Waals surface area contributed by atoms with Crippen molar-refractivity contribution in [2.75, 3.05) is 26.2 Å². The molecule has 1 aromatic rings. The molecule has 3 heterocycles. The zero-order valence-electron chi connectivity index (χ0n) is 12.7. The van der Waals surface area contributed by atoms with Crippen LogP contribution in [0.3, 0.4) is 0 Å². The first kappa shape index (κ1) is 16.2. The van der Waals surface area contributed by atoms with Gasteiger partial charge in [0.1, 0.15) is 0 Å². The number of rotatable bonds is 4. The van der Waals surface area contributed by atoms with Crippen LogP contribution in [0.15, 0.2) is 16.8 Å². The highest BCUT2D eigenvalue weighted by atomic mass is 35.5. The molecule has 1 spiro atoms. The molecule has 3 fully saturated rings. The van der Waals surface area contributed by atoms with Crippen LogP contribution in [0.4, 0.5) is 0 Å². The Bertz CT molecular complexity index is 511. The molecule has 6 heteroatoms. The zero-order chi connectivity index (χ0) is 14.3. The Morgan fingerprint density at radius 3 is 2.68 bits per heavy atom. The average Bonchev–Trinajstić information content (AvgIpc) is 2.87. The van der Waals surface area contributed by atoms with E-state index in [1.807, 2.05) is 0 Å². The molecule has 0 radical (unpaired) electrons. The highest BCUT2D eigenvalue weighted by molar-refractivity contribution is 7.07. The standard InChI is InChI=1S/C16H23N3OS.ClH/c20-15(13-8-18-9-13)19(10-12-1-6-21-11-12)14-7-16(14)2-4-17-5-3-16;/h1,6,11,13-14,17-18H,2-5,7-10H2;1H. The van der Waals surface area contributed by atoms with Gasteiger partial charge in [-0.15, -0.1) is 12.4 Å². The Kier molecular flexibility index (Phi) is 4.78. The van der Waals surface area contributed by atoms with E-state index in [2.05, 4.69) is 32.4 Å². The molecular formula is C16H24ClN3OS. The van der Waals surface area contributed by atoms with E-state index < -0.39 is 0 Å². The predicted molar refractivity (Wildman–Crippen MR) is 91.4 cm³/mol. The summed E-state index contributed by atoms with van der Waals surface area (Å²) in [6, 6.07) is 2.63. The van der Waals surface area contributed by atoms with E-state index in [0.717, 1.165) is 32.7 Å². The lowest BCUT2D eigenvalue weighted by molar-refractivity contribution is -0.139. The van der Waals surface area contributed by atoms with E-state index in [-0.39, 0.29) is 18.3 Å². The average molecular weight is 342 g/mol. The number of carbonyl (C=O) groups excluding carboxylic acids is 1. The van der Waals surface area contributed by atoms with E-state index in [4.69, 9.17) is 0 Å². The summed E-state index contributed by atoms with van der Waals surface area (Å²) in [6.45, 7) is 4.75. The molecule has 4 rings (SSSR count). The lowest BCUT2D eigenvalue weighted by Gasteiger charge is -2.35. The van der Waals surface area contributed by atoms with Gasteiger partial charge in [0.2, 0.25) is 5.91 Å². The molecule has 0 aromatic carbocycles. The summed E-state index contributed by atoms with van der Waals surface area (Å²) in [7, 11) is 0. The van der Waals surface area contributed by atoms with Crippen molar-refractivity contribution in [3.8, 4) is 0 Å². The Morgan fingerprint density at radius 1 is 1.32 bits per heavy atom. The molecule has 2 aliphatic heterocycles. The topological polar surface area (TPSA) is 44.4 Å². The van der Waals surface area contributed by atoms with Gasteiger partial charge in [-0.2, -0.15) is 11.3 Å². The van der Waals surface area contributed by atoms with Crippen molar-refractivity contribution in [3.05, 3.63) is 22.4 Å². The Labute approximate surface area is 142 Å². The second kappa shape index (κ2) is 6.48. The van der Waals surface area contributed by atoms with Crippen molar-refractivity contribution in [2.24, 2.45) is 11.3 Å². The second-order valence-corrected chi connectivity index (χ2v) is 7.57. The summed E-state index contributed by atoms with van der Waals surface area (Å²) >= 11 is 1.72. The minimum atomic E-state index is 0. The normalized spacial score (nSPS) is 26.1. The van der Waals surface area contributed by atoms with Gasteiger partial charge in [-0.1, -0.05) is 0 Å². The molecule has 122 valence electrons. The van der Waals surface area contributed by atoms with Gasteiger partial charge >= 0.3 is 0 Å². The molecule has 1 saturated carbocycles. The van der Waals surface area contributed by atoms with Crippen molar-refractivity contribution in [1.82, 2.24) is 15.5 Å². The number of amides is 1. The van der Waals surface area contributed by atoms with Crippen LogP contribution in [0.2, 0.25) is 0 Å². The molecule has 0 bridgehead atoms. The fourth-order valence-corrected chi connectivity index (χ4v) is 4.51. The van der Waals surface area contributed by atoms with Crippen LogP contribution < -0.4 is 10.6 Å². The van der Waals surface area contributed by atoms with Gasteiger partial charge in [0.25, 0.3) is 0 Å². The van der Waals surface area contributed by atoms with Crippen molar-refractivity contribution < 1.29 is 4.79 Å². The zero-order valence-corrected chi connectivity index (χ0v) is 14.3. The van der Waals surface area contributed by atoms with Crippen molar-refractivity contribution >= 4 is 29.7 Å². The summed E-state index contributed by atoms with van der Waals surface area (Å²) < 4.78 is 0. The molecule has 1 unspecified atom stereocenters. The maximum Gasteiger partial charge on any atom is 0.228 e. The Hall–Kier alpha value is -0.620. The van der Waals surface area contributed by atoms with Crippen LogP contribution in [0, 0.1) is 11.3 Å². The molecule has 2 N–H and O–H groups in total. The van der Waals surface area contributed by atoms with E-state index in [1.54, 1.807) is 11.3 Å². The van der Waals surface area contributed by atoms with Crippen LogP contribution in [0.1, 0.15) is 24.8 Å². The fourth-order valence-electron chi connectivity index (χ4n) is 3.85. The highest BCUT2D eigenvalue weighted by Crippen LogP contribution is 2.56. The van der Waals surface area contributed by atoms with Crippen molar-refractivity contribution in [1.29, 1.82) is 0 Å². The highest BCUT2D eigenvalue weighted by Gasteiger charge is 2.58. The number of nitrogens with one attached hydrogen (secondary N) is 2. The van der Waals surface area contributed by atoms with E-state index >= 15 is 0 Å². The van der Waals surface area contributed by atoms with Crippen LogP contribution in [-0.4, -0.2) is 43.0 Å². The maximum atomic E-state index is 12.8. The molecule has 1 atom stereocenters.